The van der Waals surface area contributed by atoms with Crippen molar-refractivity contribution in [2.45, 2.75) is 66.3 Å². The molecule has 0 fully saturated rings. The molecule has 0 radical (unpaired) electrons. The van der Waals surface area contributed by atoms with Crippen molar-refractivity contribution in [3.05, 3.63) is 41.7 Å². The Morgan fingerprint density at radius 3 is 2.68 bits per heavy atom. The smallest absolute Gasteiger partial charge is 0.0961 e. The Morgan fingerprint density at radius 1 is 1.23 bits per heavy atom. The fourth-order valence-electron chi connectivity index (χ4n) is 3.08. The number of aryl methyl sites for hydroxylation is 2. The Hall–Kier alpha value is -1.57. The SMILES string of the molecule is C=C(CC(C)CCCCC)Cn1cnc2cc(C)c(C)cc21. The molecule has 2 heteroatoms. The molecule has 1 aromatic heterocycles. The maximum absolute atomic E-state index is 4.54. The maximum Gasteiger partial charge on any atom is 0.0961 e. The molecule has 0 spiro atoms. The number of unbranched alkanes of at least 4 members (excludes halogenated alkanes) is 2. The van der Waals surface area contributed by atoms with Crippen LogP contribution >= 0.6 is 0 Å². The Labute approximate surface area is 135 Å². The number of nitrogens with zero attached hydrogens (tertiary/aromatic N) is 2. The molecule has 0 aliphatic rings. The number of fused-ring (bicyclic) bond motifs is 1. The average Bonchev–Trinajstić information content (AvgIpc) is 2.82. The normalized spacial score (nSPS) is 12.7. The van der Waals surface area contributed by atoms with E-state index in [1.54, 1.807) is 0 Å². The molecule has 0 saturated heterocycles. The van der Waals surface area contributed by atoms with Gasteiger partial charge in [-0.2, -0.15) is 0 Å². The van der Waals surface area contributed by atoms with Gasteiger partial charge in [-0.05, 0) is 49.4 Å². The second kappa shape index (κ2) is 7.62. The molecule has 0 bridgehead atoms. The van der Waals surface area contributed by atoms with Crippen molar-refractivity contribution in [1.82, 2.24) is 9.55 Å². The van der Waals surface area contributed by atoms with Gasteiger partial charge in [0.25, 0.3) is 0 Å². The van der Waals surface area contributed by atoms with Crippen molar-refractivity contribution >= 4 is 11.0 Å². The lowest BCUT2D eigenvalue weighted by Crippen LogP contribution is -2.04. The molecular formula is C20H30N2. The second-order valence-electron chi connectivity index (χ2n) is 6.85. The summed E-state index contributed by atoms with van der Waals surface area (Å²) in [5, 5.41) is 0. The lowest BCUT2D eigenvalue weighted by Gasteiger charge is -2.14. The number of rotatable bonds is 8. The third-order valence-corrected chi connectivity index (χ3v) is 4.57. The van der Waals surface area contributed by atoms with Crippen LogP contribution in [-0.4, -0.2) is 9.55 Å². The first-order valence-electron chi connectivity index (χ1n) is 8.60. The fraction of sp³-hybridized carbons (Fsp3) is 0.550. The molecule has 1 atom stereocenters. The van der Waals surface area contributed by atoms with Gasteiger partial charge in [0.05, 0.1) is 17.4 Å². The predicted octanol–water partition coefficient (Wildman–Crippen LogP) is 5.82. The van der Waals surface area contributed by atoms with Crippen molar-refractivity contribution in [2.75, 3.05) is 0 Å². The van der Waals surface area contributed by atoms with Crippen LogP contribution in [-0.2, 0) is 6.54 Å². The molecule has 22 heavy (non-hydrogen) atoms. The molecule has 2 aromatic rings. The molecule has 0 amide bonds. The van der Waals surface area contributed by atoms with E-state index in [-0.39, 0.29) is 0 Å². The largest absolute Gasteiger partial charge is 0.326 e. The molecule has 1 aromatic carbocycles. The van der Waals surface area contributed by atoms with Crippen molar-refractivity contribution < 1.29 is 0 Å². The summed E-state index contributed by atoms with van der Waals surface area (Å²) in [6.07, 6.45) is 8.38. The number of benzene rings is 1. The van der Waals surface area contributed by atoms with Crippen LogP contribution < -0.4 is 0 Å². The topological polar surface area (TPSA) is 17.8 Å². The number of hydrogen-bond donors (Lipinski definition) is 0. The zero-order chi connectivity index (χ0) is 16.1. The highest BCUT2D eigenvalue weighted by Gasteiger charge is 2.08. The Bertz CT molecular complexity index is 636. The lowest BCUT2D eigenvalue weighted by molar-refractivity contribution is 0.483. The molecule has 0 aliphatic carbocycles. The third-order valence-electron chi connectivity index (χ3n) is 4.57. The molecule has 0 aliphatic heterocycles. The van der Waals surface area contributed by atoms with Gasteiger partial charge in [-0.15, -0.1) is 0 Å². The minimum atomic E-state index is 0.734. The number of aromatic nitrogens is 2. The molecule has 2 nitrogen and oxygen atoms in total. The molecule has 0 saturated carbocycles. The van der Waals surface area contributed by atoms with Crippen molar-refractivity contribution in [3.63, 3.8) is 0 Å². The first kappa shape index (κ1) is 16.8. The number of hydrogen-bond acceptors (Lipinski definition) is 1. The number of imidazole rings is 1. The first-order valence-corrected chi connectivity index (χ1v) is 8.60. The first-order chi connectivity index (χ1) is 10.5. The van der Waals surface area contributed by atoms with Gasteiger partial charge in [-0.3, -0.25) is 0 Å². The summed E-state index contributed by atoms with van der Waals surface area (Å²) in [6.45, 7) is 14.1. The Morgan fingerprint density at radius 2 is 1.95 bits per heavy atom. The Kier molecular flexibility index (Phi) is 5.82. The van der Waals surface area contributed by atoms with Crippen LogP contribution in [0.3, 0.4) is 0 Å². The van der Waals surface area contributed by atoms with Crippen molar-refractivity contribution in [1.29, 1.82) is 0 Å². The third kappa shape index (κ3) is 4.22. The van der Waals surface area contributed by atoms with Gasteiger partial charge in [0.15, 0.2) is 0 Å². The maximum atomic E-state index is 4.54. The quantitative estimate of drug-likeness (QED) is 0.444. The van der Waals surface area contributed by atoms with E-state index in [0.29, 0.717) is 0 Å². The standard InChI is InChI=1S/C20H30N2/c1-6-7-8-9-15(2)10-16(3)13-22-14-21-19-11-17(4)18(5)12-20(19)22/h11-12,14-15H,3,6-10,13H2,1-2,4-5H3. The van der Waals surface area contributed by atoms with Crippen LogP contribution in [0.1, 0.15) is 57.1 Å². The van der Waals surface area contributed by atoms with E-state index in [0.717, 1.165) is 24.4 Å². The van der Waals surface area contributed by atoms with E-state index in [1.807, 2.05) is 6.33 Å². The van der Waals surface area contributed by atoms with Gasteiger partial charge in [0.2, 0.25) is 0 Å². The van der Waals surface area contributed by atoms with E-state index >= 15 is 0 Å². The average molecular weight is 298 g/mol. The monoisotopic (exact) mass is 298 g/mol. The highest BCUT2D eigenvalue weighted by Crippen LogP contribution is 2.22. The summed E-state index contributed by atoms with van der Waals surface area (Å²) in [7, 11) is 0. The summed E-state index contributed by atoms with van der Waals surface area (Å²) < 4.78 is 2.24. The van der Waals surface area contributed by atoms with Crippen LogP contribution in [0.25, 0.3) is 11.0 Å². The minimum Gasteiger partial charge on any atom is -0.326 e. The highest BCUT2D eigenvalue weighted by atomic mass is 15.0. The highest BCUT2D eigenvalue weighted by molar-refractivity contribution is 5.77. The van der Waals surface area contributed by atoms with Crippen LogP contribution in [0.2, 0.25) is 0 Å². The summed E-state index contributed by atoms with van der Waals surface area (Å²) in [5.74, 6) is 0.734. The van der Waals surface area contributed by atoms with Gasteiger partial charge in [0.1, 0.15) is 0 Å². The van der Waals surface area contributed by atoms with Crippen LogP contribution in [0.4, 0.5) is 0 Å². The predicted molar refractivity (Wildman–Crippen MR) is 96.3 cm³/mol. The summed E-state index contributed by atoms with van der Waals surface area (Å²) in [4.78, 5) is 4.54. The van der Waals surface area contributed by atoms with Crippen molar-refractivity contribution in [2.24, 2.45) is 5.92 Å². The molecule has 0 N–H and O–H groups in total. The molecule has 2 rings (SSSR count). The zero-order valence-electron chi connectivity index (χ0n) is 14.7. The van der Waals surface area contributed by atoms with Gasteiger partial charge in [0, 0.05) is 6.54 Å². The molecule has 1 unspecified atom stereocenters. The van der Waals surface area contributed by atoms with E-state index in [9.17, 15) is 0 Å². The zero-order valence-corrected chi connectivity index (χ0v) is 14.7. The van der Waals surface area contributed by atoms with E-state index in [4.69, 9.17) is 0 Å². The van der Waals surface area contributed by atoms with Crippen LogP contribution in [0.15, 0.2) is 30.6 Å². The summed E-state index contributed by atoms with van der Waals surface area (Å²) in [5.41, 5.74) is 6.25. The fourth-order valence-corrected chi connectivity index (χ4v) is 3.08. The lowest BCUT2D eigenvalue weighted by atomic mass is 9.96. The molecule has 1 heterocycles. The van der Waals surface area contributed by atoms with Crippen molar-refractivity contribution in [3.8, 4) is 0 Å². The van der Waals surface area contributed by atoms with E-state index in [1.165, 1.54) is 47.9 Å². The van der Waals surface area contributed by atoms with Gasteiger partial charge < -0.3 is 4.57 Å². The van der Waals surface area contributed by atoms with E-state index < -0.39 is 0 Å². The summed E-state index contributed by atoms with van der Waals surface area (Å²) >= 11 is 0. The van der Waals surface area contributed by atoms with E-state index in [2.05, 4.69) is 56.0 Å². The van der Waals surface area contributed by atoms with Gasteiger partial charge in [-0.1, -0.05) is 51.7 Å². The van der Waals surface area contributed by atoms with Gasteiger partial charge >= 0.3 is 0 Å². The minimum absolute atomic E-state index is 0.734. The number of allylic oxidation sites excluding steroid dienone is 1. The van der Waals surface area contributed by atoms with Gasteiger partial charge in [-0.25, -0.2) is 4.98 Å². The second-order valence-corrected chi connectivity index (χ2v) is 6.85. The molecular weight excluding hydrogens is 268 g/mol. The van der Waals surface area contributed by atoms with Crippen LogP contribution in [0.5, 0.6) is 0 Å². The summed E-state index contributed by atoms with van der Waals surface area (Å²) in [6, 6.07) is 4.42. The molecule has 120 valence electrons. The Balaban J connectivity index is 1.98. The van der Waals surface area contributed by atoms with Crippen LogP contribution in [0, 0.1) is 19.8 Å².